The van der Waals surface area contributed by atoms with Crippen molar-refractivity contribution < 1.29 is 4.52 Å². The summed E-state index contributed by atoms with van der Waals surface area (Å²) >= 11 is 0. The SMILES string of the molecule is O=c1cc(-c2cccnc2)[nH]o1. The molecule has 0 atom stereocenters. The predicted octanol–water partition coefficient (Wildman–Crippen LogP) is 1.03. The molecule has 12 heavy (non-hydrogen) atoms. The summed E-state index contributed by atoms with van der Waals surface area (Å²) in [6, 6.07) is 5.02. The van der Waals surface area contributed by atoms with E-state index in [4.69, 9.17) is 0 Å². The molecular formula is C8H6N2O2. The van der Waals surface area contributed by atoms with Crippen molar-refractivity contribution in [2.45, 2.75) is 0 Å². The van der Waals surface area contributed by atoms with Crippen LogP contribution < -0.4 is 5.63 Å². The van der Waals surface area contributed by atoms with Crippen LogP contribution >= 0.6 is 0 Å². The number of pyridine rings is 1. The fraction of sp³-hybridized carbons (Fsp3) is 0. The minimum absolute atomic E-state index is 0.381. The predicted molar refractivity (Wildman–Crippen MR) is 42.6 cm³/mol. The van der Waals surface area contributed by atoms with Crippen LogP contribution in [0, 0.1) is 0 Å². The normalized spacial score (nSPS) is 10.0. The third kappa shape index (κ3) is 1.14. The lowest BCUT2D eigenvalue weighted by Gasteiger charge is -1.91. The van der Waals surface area contributed by atoms with Crippen molar-refractivity contribution in [3.05, 3.63) is 41.0 Å². The van der Waals surface area contributed by atoms with Gasteiger partial charge in [-0.1, -0.05) is 0 Å². The van der Waals surface area contributed by atoms with Crippen molar-refractivity contribution in [3.8, 4) is 11.3 Å². The second-order valence-electron chi connectivity index (χ2n) is 2.32. The number of nitrogens with one attached hydrogen (secondary N) is 1. The quantitative estimate of drug-likeness (QED) is 0.681. The topological polar surface area (TPSA) is 58.9 Å². The van der Waals surface area contributed by atoms with E-state index in [2.05, 4.69) is 14.7 Å². The summed E-state index contributed by atoms with van der Waals surface area (Å²) < 4.78 is 4.51. The van der Waals surface area contributed by atoms with Crippen LogP contribution in [0.2, 0.25) is 0 Å². The summed E-state index contributed by atoms with van der Waals surface area (Å²) in [5.74, 6) is 0. The Labute approximate surface area is 67.8 Å². The molecule has 0 aliphatic carbocycles. The monoisotopic (exact) mass is 162 g/mol. The molecule has 0 aliphatic heterocycles. The molecule has 0 spiro atoms. The van der Waals surface area contributed by atoms with Crippen LogP contribution in [0.25, 0.3) is 11.3 Å². The van der Waals surface area contributed by atoms with Gasteiger partial charge in [0, 0.05) is 18.0 Å². The molecule has 2 aromatic heterocycles. The third-order valence-electron chi connectivity index (χ3n) is 1.50. The molecule has 4 nitrogen and oxygen atoms in total. The van der Waals surface area contributed by atoms with Gasteiger partial charge in [-0.15, -0.1) is 0 Å². The van der Waals surface area contributed by atoms with Gasteiger partial charge in [-0.3, -0.25) is 4.98 Å². The zero-order chi connectivity index (χ0) is 8.39. The molecule has 0 saturated carbocycles. The number of hydrogen-bond donors (Lipinski definition) is 1. The van der Waals surface area contributed by atoms with E-state index in [1.165, 1.54) is 6.07 Å². The van der Waals surface area contributed by atoms with Crippen molar-refractivity contribution in [1.82, 2.24) is 10.1 Å². The first-order valence-electron chi connectivity index (χ1n) is 3.45. The van der Waals surface area contributed by atoms with Crippen molar-refractivity contribution in [2.24, 2.45) is 0 Å². The van der Waals surface area contributed by atoms with Gasteiger partial charge >= 0.3 is 5.63 Å². The highest BCUT2D eigenvalue weighted by molar-refractivity contribution is 5.55. The van der Waals surface area contributed by atoms with Gasteiger partial charge in [0.15, 0.2) is 0 Å². The Morgan fingerprint density at radius 1 is 1.50 bits per heavy atom. The molecule has 1 N–H and O–H groups in total. The standard InChI is InChI=1S/C8H6N2O2/c11-8-4-7(10-12-8)6-2-1-3-9-5-6/h1-5,10H. The van der Waals surface area contributed by atoms with Crippen LogP contribution in [0.1, 0.15) is 0 Å². The minimum Gasteiger partial charge on any atom is -0.339 e. The number of nitrogens with zero attached hydrogens (tertiary/aromatic N) is 1. The lowest BCUT2D eigenvalue weighted by atomic mass is 10.2. The van der Waals surface area contributed by atoms with Gasteiger partial charge in [0.1, 0.15) is 0 Å². The molecular weight excluding hydrogens is 156 g/mol. The molecule has 0 saturated heterocycles. The number of aromatic amines is 1. The zero-order valence-electron chi connectivity index (χ0n) is 6.15. The van der Waals surface area contributed by atoms with Gasteiger partial charge in [0.2, 0.25) is 0 Å². The minimum atomic E-state index is -0.381. The van der Waals surface area contributed by atoms with E-state index < -0.39 is 0 Å². The maximum atomic E-state index is 10.6. The van der Waals surface area contributed by atoms with Gasteiger partial charge in [-0.2, -0.15) is 0 Å². The number of H-pyrrole nitrogens is 1. The van der Waals surface area contributed by atoms with E-state index >= 15 is 0 Å². The first-order valence-corrected chi connectivity index (χ1v) is 3.45. The van der Waals surface area contributed by atoms with Crippen LogP contribution in [0.5, 0.6) is 0 Å². The molecule has 0 amide bonds. The molecule has 0 fully saturated rings. The van der Waals surface area contributed by atoms with Crippen molar-refractivity contribution in [3.63, 3.8) is 0 Å². The molecule has 0 aromatic carbocycles. The van der Waals surface area contributed by atoms with Crippen LogP contribution in [0.15, 0.2) is 39.9 Å². The molecule has 0 unspecified atom stereocenters. The van der Waals surface area contributed by atoms with E-state index in [9.17, 15) is 4.79 Å². The Morgan fingerprint density at radius 3 is 3.00 bits per heavy atom. The van der Waals surface area contributed by atoms with E-state index in [-0.39, 0.29) is 5.63 Å². The zero-order valence-corrected chi connectivity index (χ0v) is 6.15. The summed E-state index contributed by atoms with van der Waals surface area (Å²) in [6.45, 7) is 0. The first kappa shape index (κ1) is 6.84. The Balaban J connectivity index is 2.51. The lowest BCUT2D eigenvalue weighted by molar-refractivity contribution is 0.394. The van der Waals surface area contributed by atoms with E-state index in [0.717, 1.165) is 5.56 Å². The second kappa shape index (κ2) is 2.65. The van der Waals surface area contributed by atoms with Crippen LogP contribution in [0.4, 0.5) is 0 Å². The molecule has 2 aromatic rings. The summed E-state index contributed by atoms with van der Waals surface area (Å²) in [5, 5.41) is 2.49. The Hall–Kier alpha value is -1.84. The maximum Gasteiger partial charge on any atom is 0.357 e. The first-order chi connectivity index (χ1) is 5.86. The van der Waals surface area contributed by atoms with E-state index in [0.29, 0.717) is 5.69 Å². The summed E-state index contributed by atoms with van der Waals surface area (Å²) in [7, 11) is 0. The highest BCUT2D eigenvalue weighted by atomic mass is 16.5. The van der Waals surface area contributed by atoms with Crippen LogP contribution in [-0.2, 0) is 0 Å². The molecule has 60 valence electrons. The summed E-state index contributed by atoms with van der Waals surface area (Å²) in [6.07, 6.45) is 3.32. The Morgan fingerprint density at radius 2 is 2.42 bits per heavy atom. The van der Waals surface area contributed by atoms with Gasteiger partial charge < -0.3 is 4.52 Å². The summed E-state index contributed by atoms with van der Waals surface area (Å²) in [4.78, 5) is 14.6. The maximum absolute atomic E-state index is 10.6. The molecule has 2 heterocycles. The molecule has 4 heteroatoms. The largest absolute Gasteiger partial charge is 0.357 e. The second-order valence-corrected chi connectivity index (χ2v) is 2.32. The molecule has 0 bridgehead atoms. The Bertz CT molecular complexity index is 416. The third-order valence-corrected chi connectivity index (χ3v) is 1.50. The van der Waals surface area contributed by atoms with Crippen LogP contribution in [0.3, 0.4) is 0 Å². The van der Waals surface area contributed by atoms with Crippen LogP contribution in [-0.4, -0.2) is 10.1 Å². The van der Waals surface area contributed by atoms with Crippen molar-refractivity contribution >= 4 is 0 Å². The fourth-order valence-corrected chi connectivity index (χ4v) is 0.946. The van der Waals surface area contributed by atoms with Gasteiger partial charge in [0.25, 0.3) is 0 Å². The van der Waals surface area contributed by atoms with Gasteiger partial charge in [-0.25, -0.2) is 9.95 Å². The highest BCUT2D eigenvalue weighted by Crippen LogP contribution is 2.11. The lowest BCUT2D eigenvalue weighted by Crippen LogP contribution is -1.85. The molecule has 0 radical (unpaired) electrons. The van der Waals surface area contributed by atoms with Gasteiger partial charge in [0.05, 0.1) is 11.8 Å². The average molecular weight is 162 g/mol. The smallest absolute Gasteiger partial charge is 0.339 e. The molecule has 0 aliphatic rings. The molecule has 2 rings (SSSR count). The fourth-order valence-electron chi connectivity index (χ4n) is 0.946. The highest BCUT2D eigenvalue weighted by Gasteiger charge is 1.99. The average Bonchev–Trinajstić information content (AvgIpc) is 2.54. The number of rotatable bonds is 1. The number of hydrogen-bond acceptors (Lipinski definition) is 3. The van der Waals surface area contributed by atoms with E-state index in [1.807, 2.05) is 6.07 Å². The summed E-state index contributed by atoms with van der Waals surface area (Å²) in [5.41, 5.74) is 1.10. The van der Waals surface area contributed by atoms with Gasteiger partial charge in [-0.05, 0) is 12.1 Å². The number of aromatic nitrogens is 2. The van der Waals surface area contributed by atoms with E-state index in [1.54, 1.807) is 18.5 Å². The van der Waals surface area contributed by atoms with Crippen molar-refractivity contribution in [1.29, 1.82) is 0 Å². The Kier molecular flexibility index (Phi) is 1.51. The van der Waals surface area contributed by atoms with Crippen molar-refractivity contribution in [2.75, 3.05) is 0 Å².